The van der Waals surface area contributed by atoms with E-state index in [1.165, 1.54) is 6.07 Å². The largest absolute Gasteiger partial charge is 0.386 e. The van der Waals surface area contributed by atoms with E-state index in [1.54, 1.807) is 26.0 Å². The summed E-state index contributed by atoms with van der Waals surface area (Å²) < 4.78 is 14.0. The first-order chi connectivity index (χ1) is 5.41. The third kappa shape index (κ3) is 2.17. The smallest absolute Gasteiger partial charge is 0.129 e. The molecule has 0 heterocycles. The minimum Gasteiger partial charge on any atom is -0.386 e. The van der Waals surface area contributed by atoms with Crippen LogP contribution >= 0.6 is 22.6 Å². The van der Waals surface area contributed by atoms with Crippen molar-refractivity contribution < 1.29 is 9.50 Å². The monoisotopic (exact) mass is 280 g/mol. The Bertz CT molecular complexity index is 291. The minimum absolute atomic E-state index is 0.342. The third-order valence-corrected chi connectivity index (χ3v) is 2.26. The van der Waals surface area contributed by atoms with Crippen LogP contribution in [0, 0.1) is 9.39 Å². The van der Waals surface area contributed by atoms with Crippen molar-refractivity contribution in [2.45, 2.75) is 19.4 Å². The molecular weight excluding hydrogens is 270 g/mol. The van der Waals surface area contributed by atoms with Crippen LogP contribution in [0.25, 0.3) is 0 Å². The molecule has 0 aromatic heterocycles. The lowest BCUT2D eigenvalue weighted by Crippen LogP contribution is -2.17. The zero-order valence-electron chi connectivity index (χ0n) is 6.94. The third-order valence-electron chi connectivity index (χ3n) is 1.59. The van der Waals surface area contributed by atoms with Gasteiger partial charge in [-0.05, 0) is 54.6 Å². The van der Waals surface area contributed by atoms with Crippen LogP contribution in [0.1, 0.15) is 19.4 Å². The van der Waals surface area contributed by atoms with Crippen LogP contribution in [0.2, 0.25) is 0 Å². The van der Waals surface area contributed by atoms with E-state index >= 15 is 0 Å². The number of hydrogen-bond acceptors (Lipinski definition) is 1. The van der Waals surface area contributed by atoms with Crippen LogP contribution in [0.15, 0.2) is 18.2 Å². The molecule has 0 aliphatic rings. The Kier molecular flexibility index (Phi) is 2.73. The number of halogens is 2. The van der Waals surface area contributed by atoms with Gasteiger partial charge < -0.3 is 5.11 Å². The molecular formula is C9H10FIO. The molecule has 12 heavy (non-hydrogen) atoms. The van der Waals surface area contributed by atoms with Crippen molar-refractivity contribution in [1.29, 1.82) is 0 Å². The van der Waals surface area contributed by atoms with E-state index < -0.39 is 5.60 Å². The summed E-state index contributed by atoms with van der Waals surface area (Å²) in [7, 11) is 0. The second-order valence-corrected chi connectivity index (χ2v) is 4.43. The molecule has 0 amide bonds. The van der Waals surface area contributed by atoms with E-state index in [0.29, 0.717) is 5.56 Å². The molecule has 1 aromatic carbocycles. The first-order valence-electron chi connectivity index (χ1n) is 3.59. The van der Waals surface area contributed by atoms with Crippen LogP contribution in [0.4, 0.5) is 4.39 Å². The topological polar surface area (TPSA) is 20.2 Å². The summed E-state index contributed by atoms with van der Waals surface area (Å²) in [5.41, 5.74) is -0.764. The van der Waals surface area contributed by atoms with Gasteiger partial charge in [0.1, 0.15) is 5.82 Å². The molecule has 1 nitrogen and oxygen atoms in total. The molecule has 66 valence electrons. The fraction of sp³-hybridized carbons (Fsp3) is 0.333. The van der Waals surface area contributed by atoms with Gasteiger partial charge in [-0.3, -0.25) is 0 Å². The Morgan fingerprint density at radius 3 is 2.42 bits per heavy atom. The van der Waals surface area contributed by atoms with Gasteiger partial charge in [0.2, 0.25) is 0 Å². The maximum absolute atomic E-state index is 13.1. The van der Waals surface area contributed by atoms with E-state index in [0.717, 1.165) is 3.57 Å². The molecule has 0 aliphatic heterocycles. The Balaban J connectivity index is 3.23. The quantitative estimate of drug-likeness (QED) is 0.784. The molecule has 3 heteroatoms. The van der Waals surface area contributed by atoms with Gasteiger partial charge in [-0.1, -0.05) is 0 Å². The average molecular weight is 280 g/mol. The van der Waals surface area contributed by atoms with Crippen molar-refractivity contribution in [2.75, 3.05) is 0 Å². The molecule has 1 N–H and O–H groups in total. The summed E-state index contributed by atoms with van der Waals surface area (Å²) in [4.78, 5) is 0. The molecule has 0 saturated heterocycles. The van der Waals surface area contributed by atoms with Crippen molar-refractivity contribution in [3.63, 3.8) is 0 Å². The lowest BCUT2D eigenvalue weighted by atomic mass is 9.98. The standard InChI is InChI=1S/C9H10FIO/c1-9(2,12)7-5-6(11)3-4-8(7)10/h3-5,12H,1-2H3. The summed E-state index contributed by atoms with van der Waals surface area (Å²) in [6.07, 6.45) is 0. The first kappa shape index (κ1) is 9.92. The SMILES string of the molecule is CC(C)(O)c1cc(I)ccc1F. The molecule has 0 aliphatic carbocycles. The van der Waals surface area contributed by atoms with E-state index in [-0.39, 0.29) is 5.82 Å². The molecule has 0 radical (unpaired) electrons. The van der Waals surface area contributed by atoms with Crippen LogP contribution in [-0.4, -0.2) is 5.11 Å². The summed E-state index contributed by atoms with van der Waals surface area (Å²) in [5, 5.41) is 9.55. The second-order valence-electron chi connectivity index (χ2n) is 3.18. The Labute approximate surface area is 84.7 Å². The summed E-state index contributed by atoms with van der Waals surface area (Å²) >= 11 is 2.08. The van der Waals surface area contributed by atoms with Gasteiger partial charge in [-0.2, -0.15) is 0 Å². The maximum atomic E-state index is 13.1. The highest BCUT2D eigenvalue weighted by atomic mass is 127. The Hall–Kier alpha value is -0.160. The van der Waals surface area contributed by atoms with Gasteiger partial charge >= 0.3 is 0 Å². The van der Waals surface area contributed by atoms with Crippen molar-refractivity contribution in [1.82, 2.24) is 0 Å². The fourth-order valence-corrected chi connectivity index (χ4v) is 1.46. The van der Waals surface area contributed by atoms with E-state index in [4.69, 9.17) is 0 Å². The average Bonchev–Trinajstić information content (AvgIpc) is 1.92. The van der Waals surface area contributed by atoms with Crippen LogP contribution in [0.3, 0.4) is 0 Å². The number of aliphatic hydroxyl groups is 1. The molecule has 0 atom stereocenters. The lowest BCUT2D eigenvalue weighted by molar-refractivity contribution is 0.0745. The van der Waals surface area contributed by atoms with E-state index in [2.05, 4.69) is 22.6 Å². The van der Waals surface area contributed by atoms with Gasteiger partial charge in [-0.25, -0.2) is 4.39 Å². The summed E-state index contributed by atoms with van der Waals surface area (Å²) in [5.74, 6) is -0.358. The normalized spacial score (nSPS) is 11.8. The van der Waals surface area contributed by atoms with Crippen molar-refractivity contribution in [3.05, 3.63) is 33.1 Å². The van der Waals surface area contributed by atoms with Crippen LogP contribution in [0.5, 0.6) is 0 Å². The molecule has 1 aromatic rings. The van der Waals surface area contributed by atoms with Crippen molar-refractivity contribution >= 4 is 22.6 Å². The predicted octanol–water partition coefficient (Wildman–Crippen LogP) is 2.66. The second kappa shape index (κ2) is 3.30. The number of rotatable bonds is 1. The van der Waals surface area contributed by atoms with Gasteiger partial charge in [-0.15, -0.1) is 0 Å². The van der Waals surface area contributed by atoms with Crippen LogP contribution < -0.4 is 0 Å². The van der Waals surface area contributed by atoms with Crippen molar-refractivity contribution in [2.24, 2.45) is 0 Å². The molecule has 0 saturated carbocycles. The number of benzene rings is 1. The maximum Gasteiger partial charge on any atom is 0.129 e. The molecule has 0 bridgehead atoms. The molecule has 0 unspecified atom stereocenters. The molecule has 1 rings (SSSR count). The van der Waals surface area contributed by atoms with Crippen LogP contribution in [-0.2, 0) is 5.60 Å². The molecule has 0 spiro atoms. The van der Waals surface area contributed by atoms with E-state index in [1.807, 2.05) is 0 Å². The number of hydrogen-bond donors (Lipinski definition) is 1. The Morgan fingerprint density at radius 2 is 2.00 bits per heavy atom. The highest BCUT2D eigenvalue weighted by Crippen LogP contribution is 2.24. The zero-order valence-corrected chi connectivity index (χ0v) is 9.09. The van der Waals surface area contributed by atoms with Gasteiger partial charge in [0.15, 0.2) is 0 Å². The lowest BCUT2D eigenvalue weighted by Gasteiger charge is -2.18. The highest BCUT2D eigenvalue weighted by molar-refractivity contribution is 14.1. The Morgan fingerprint density at radius 1 is 1.42 bits per heavy atom. The minimum atomic E-state index is -1.11. The summed E-state index contributed by atoms with van der Waals surface area (Å²) in [6, 6.07) is 4.69. The van der Waals surface area contributed by atoms with Gasteiger partial charge in [0.05, 0.1) is 5.60 Å². The highest BCUT2D eigenvalue weighted by Gasteiger charge is 2.20. The summed E-state index contributed by atoms with van der Waals surface area (Å²) in [6.45, 7) is 3.14. The predicted molar refractivity (Wildman–Crippen MR) is 54.4 cm³/mol. The van der Waals surface area contributed by atoms with Gasteiger partial charge in [0.25, 0.3) is 0 Å². The first-order valence-corrected chi connectivity index (χ1v) is 4.67. The fourth-order valence-electron chi connectivity index (χ4n) is 0.966. The zero-order chi connectivity index (χ0) is 9.35. The van der Waals surface area contributed by atoms with E-state index in [9.17, 15) is 9.50 Å². The molecule has 0 fully saturated rings. The van der Waals surface area contributed by atoms with Gasteiger partial charge in [0, 0.05) is 9.13 Å². The van der Waals surface area contributed by atoms with Crippen molar-refractivity contribution in [3.8, 4) is 0 Å².